The Balaban J connectivity index is 0.000000375. The Labute approximate surface area is 260 Å². The first kappa shape index (κ1) is 36.0. The van der Waals surface area contributed by atoms with Crippen LogP contribution in [0.1, 0.15) is 54.9 Å². The van der Waals surface area contributed by atoms with Gasteiger partial charge >= 0.3 is 0 Å². The second-order valence-corrected chi connectivity index (χ2v) is 10.2. The number of hydrogen-bond acceptors (Lipinski definition) is 8. The van der Waals surface area contributed by atoms with Crippen LogP contribution in [0.15, 0.2) is 60.4 Å². The quantitative estimate of drug-likeness (QED) is 0.187. The molecular weight excluding hydrogens is 556 g/mol. The molecule has 0 spiro atoms. The Morgan fingerprint density at radius 3 is 2.20 bits per heavy atom. The molecule has 238 valence electrons. The first-order valence-electron chi connectivity index (χ1n) is 14.8. The van der Waals surface area contributed by atoms with Gasteiger partial charge < -0.3 is 30.7 Å². The Kier molecular flexibility index (Phi) is 15.7. The molecule has 0 amide bonds. The summed E-state index contributed by atoms with van der Waals surface area (Å²) in [6.45, 7) is 7.51. The number of aryl methyl sites for hydroxylation is 1. The predicted molar refractivity (Wildman–Crippen MR) is 175 cm³/mol. The fraction of sp³-hybridized carbons (Fsp3) is 0.424. The van der Waals surface area contributed by atoms with Gasteiger partial charge in [-0.05, 0) is 67.4 Å². The molecule has 0 atom stereocenters. The lowest BCUT2D eigenvalue weighted by Gasteiger charge is -2.32. The summed E-state index contributed by atoms with van der Waals surface area (Å²) in [6.07, 6.45) is 7.06. The molecule has 1 aliphatic rings. The number of nitrogens with two attached hydrogens (primary N) is 1. The smallest absolute Gasteiger partial charge is 0.124 e. The number of aliphatic hydroxyl groups is 2. The second kappa shape index (κ2) is 19.1. The molecule has 0 bridgehead atoms. The summed E-state index contributed by atoms with van der Waals surface area (Å²) in [6, 6.07) is 14.8. The standard InChI is InChI=1S/C21H29N7O.C8H7NO.C2H6O.C2H6/c1-26-11-17(25-26)12-28-20-10-15(14-29)2-3-19(20)24-21(28)13-27-8-5-16(6-9-27)18(23)4-7-22;9-5-7-1-3-8(6-10)4-2-7;1-3-2;1-2/h2-4,7,10-11,16,22,25,29H,5-6,8-9,12-14,23H2,1H3;1-4,10H,6H2;1-2H3;1-2H3/b18-4-,22-7?;;;. The third-order valence-electron chi connectivity index (χ3n) is 7.04. The number of hydrogen-bond donors (Lipinski definition) is 5. The number of aromatic nitrogens is 4. The van der Waals surface area contributed by atoms with Crippen molar-refractivity contribution in [2.75, 3.05) is 27.3 Å². The largest absolute Gasteiger partial charge is 0.402 e. The fourth-order valence-corrected chi connectivity index (χ4v) is 4.86. The van der Waals surface area contributed by atoms with E-state index >= 15 is 0 Å². The van der Waals surface area contributed by atoms with Gasteiger partial charge in [-0.3, -0.25) is 14.7 Å². The molecule has 4 aromatic rings. The average Bonchev–Trinajstić information content (AvgIpc) is 3.38. The van der Waals surface area contributed by atoms with Gasteiger partial charge in [-0.1, -0.05) is 32.0 Å². The molecule has 5 rings (SSSR count). The minimum atomic E-state index is 0.0261. The average molecular weight is 605 g/mol. The van der Waals surface area contributed by atoms with E-state index < -0.39 is 0 Å². The van der Waals surface area contributed by atoms with E-state index in [1.54, 1.807) is 44.6 Å². The molecule has 6 N–H and O–H groups in total. The summed E-state index contributed by atoms with van der Waals surface area (Å²) in [5.74, 6) is 1.40. The molecule has 1 aliphatic heterocycles. The monoisotopic (exact) mass is 604 g/mol. The first-order valence-corrected chi connectivity index (χ1v) is 14.8. The maximum absolute atomic E-state index is 9.54. The number of ether oxygens (including phenoxy) is 1. The number of aromatic amines is 1. The van der Waals surface area contributed by atoms with Gasteiger partial charge in [0.1, 0.15) is 5.82 Å². The van der Waals surface area contributed by atoms with E-state index in [9.17, 15) is 5.11 Å². The number of fused-ring (bicyclic) bond motifs is 1. The van der Waals surface area contributed by atoms with Crippen LogP contribution in [0.25, 0.3) is 11.0 Å². The van der Waals surface area contributed by atoms with Crippen molar-refractivity contribution in [2.45, 2.75) is 53.0 Å². The van der Waals surface area contributed by atoms with Gasteiger partial charge in [-0.15, -0.1) is 0 Å². The number of aliphatic hydroxyl groups excluding tert-OH is 2. The van der Waals surface area contributed by atoms with Crippen LogP contribution >= 0.6 is 0 Å². The maximum Gasteiger partial charge on any atom is 0.124 e. The number of allylic oxidation sites excluding steroid dienone is 2. The maximum atomic E-state index is 9.54. The number of imidazole rings is 1. The molecule has 11 nitrogen and oxygen atoms in total. The highest BCUT2D eigenvalue weighted by Gasteiger charge is 2.23. The van der Waals surface area contributed by atoms with Crippen LogP contribution in [0.3, 0.4) is 0 Å². The van der Waals surface area contributed by atoms with Crippen molar-refractivity contribution >= 4 is 17.2 Å². The number of nitriles is 1. The molecule has 0 radical (unpaired) electrons. The number of benzene rings is 2. The summed E-state index contributed by atoms with van der Waals surface area (Å²) >= 11 is 0. The van der Waals surface area contributed by atoms with Crippen LogP contribution in [0, 0.1) is 22.7 Å². The van der Waals surface area contributed by atoms with E-state index in [0.29, 0.717) is 11.5 Å². The lowest BCUT2D eigenvalue weighted by atomic mass is 9.93. The van der Waals surface area contributed by atoms with Crippen molar-refractivity contribution in [3.8, 4) is 6.07 Å². The van der Waals surface area contributed by atoms with Crippen molar-refractivity contribution in [1.29, 1.82) is 10.7 Å². The van der Waals surface area contributed by atoms with E-state index in [0.717, 1.165) is 78.4 Å². The molecule has 11 heteroatoms. The zero-order valence-electron chi connectivity index (χ0n) is 26.6. The molecule has 2 aromatic carbocycles. The van der Waals surface area contributed by atoms with Crippen LogP contribution in [0.4, 0.5) is 0 Å². The van der Waals surface area contributed by atoms with Crippen molar-refractivity contribution in [3.63, 3.8) is 0 Å². The molecule has 1 fully saturated rings. The zero-order chi connectivity index (χ0) is 32.5. The number of likely N-dealkylation sites (tertiary alicyclic amines) is 1. The van der Waals surface area contributed by atoms with Crippen molar-refractivity contribution in [1.82, 2.24) is 24.2 Å². The minimum absolute atomic E-state index is 0.0261. The Morgan fingerprint density at radius 2 is 1.68 bits per heavy atom. The number of nitrogens with one attached hydrogen (secondary N) is 2. The highest BCUT2D eigenvalue weighted by molar-refractivity contribution is 5.77. The van der Waals surface area contributed by atoms with Gasteiger partial charge in [0.25, 0.3) is 0 Å². The van der Waals surface area contributed by atoms with Crippen molar-refractivity contribution < 1.29 is 14.9 Å². The molecular formula is C33H48N8O3. The van der Waals surface area contributed by atoms with Crippen LogP contribution in [-0.4, -0.2) is 68.0 Å². The molecule has 0 unspecified atom stereocenters. The fourth-order valence-electron chi connectivity index (χ4n) is 4.86. The SMILES string of the molecule is CC.COC.Cn1cc(Cn2c(CN3CCC(/C(N)=C/C=N)CC3)nc3ccc(CO)cc32)[nH]1.N#Cc1ccc(CO)cc1. The van der Waals surface area contributed by atoms with Crippen LogP contribution in [-0.2, 0) is 38.1 Å². The Morgan fingerprint density at radius 1 is 1.09 bits per heavy atom. The third-order valence-corrected chi connectivity index (χ3v) is 7.04. The zero-order valence-corrected chi connectivity index (χ0v) is 26.6. The molecule has 44 heavy (non-hydrogen) atoms. The first-order chi connectivity index (χ1) is 21.3. The number of nitrogens with zero attached hydrogens (tertiary/aromatic N) is 5. The van der Waals surface area contributed by atoms with E-state index in [1.165, 1.54) is 6.21 Å². The number of rotatable bonds is 8. The van der Waals surface area contributed by atoms with Gasteiger partial charge in [-0.2, -0.15) is 5.26 Å². The summed E-state index contributed by atoms with van der Waals surface area (Å²) < 4.78 is 8.43. The molecule has 3 heterocycles. The summed E-state index contributed by atoms with van der Waals surface area (Å²) in [5.41, 5.74) is 12.4. The summed E-state index contributed by atoms with van der Waals surface area (Å²) in [7, 11) is 5.23. The van der Waals surface area contributed by atoms with Gasteiger partial charge in [0, 0.05) is 45.3 Å². The van der Waals surface area contributed by atoms with Gasteiger partial charge in [0.2, 0.25) is 0 Å². The van der Waals surface area contributed by atoms with Crippen LogP contribution in [0.2, 0.25) is 0 Å². The number of piperidine rings is 1. The van der Waals surface area contributed by atoms with E-state index in [1.807, 2.05) is 49.8 Å². The third kappa shape index (κ3) is 10.5. The van der Waals surface area contributed by atoms with E-state index in [2.05, 4.69) is 25.5 Å². The number of H-pyrrole nitrogens is 1. The van der Waals surface area contributed by atoms with Gasteiger partial charge in [-0.25, -0.2) is 4.98 Å². The molecule has 0 aliphatic carbocycles. The molecule has 2 aromatic heterocycles. The summed E-state index contributed by atoms with van der Waals surface area (Å²) in [4.78, 5) is 7.33. The molecule has 1 saturated heterocycles. The van der Waals surface area contributed by atoms with Gasteiger partial charge in [0.05, 0.1) is 54.7 Å². The molecule has 0 saturated carbocycles. The highest BCUT2D eigenvalue weighted by atomic mass is 16.4. The second-order valence-electron chi connectivity index (χ2n) is 10.2. The van der Waals surface area contributed by atoms with Crippen molar-refractivity contribution in [2.24, 2.45) is 18.7 Å². The van der Waals surface area contributed by atoms with Crippen molar-refractivity contribution in [3.05, 3.63) is 88.6 Å². The topological polar surface area (TPSA) is 165 Å². The van der Waals surface area contributed by atoms with E-state index in [4.69, 9.17) is 26.5 Å². The Bertz CT molecular complexity index is 1460. The Hall–Kier alpha value is -4.21. The predicted octanol–water partition coefficient (Wildman–Crippen LogP) is 4.29. The van der Waals surface area contributed by atoms with Gasteiger partial charge in [0.15, 0.2) is 0 Å². The lowest BCUT2D eigenvalue weighted by Crippen LogP contribution is -2.35. The minimum Gasteiger partial charge on any atom is -0.402 e. The van der Waals surface area contributed by atoms with Crippen LogP contribution < -0.4 is 5.73 Å². The van der Waals surface area contributed by atoms with Crippen LogP contribution in [0.5, 0.6) is 0 Å². The normalized spacial score (nSPS) is 13.5. The highest BCUT2D eigenvalue weighted by Crippen LogP contribution is 2.25. The van der Waals surface area contributed by atoms with E-state index in [-0.39, 0.29) is 13.2 Å². The summed E-state index contributed by atoms with van der Waals surface area (Å²) in [5, 5.41) is 37.0. The lowest BCUT2D eigenvalue weighted by molar-refractivity contribution is 0.185. The number of methoxy groups -OCH3 is 1.